The minimum atomic E-state index is -0.580. The normalized spacial score (nSPS) is 25.5. The number of H-pyrrole nitrogens is 1. The summed E-state index contributed by atoms with van der Waals surface area (Å²) in [5.74, 6) is -0.726. The first-order valence-electron chi connectivity index (χ1n) is 10.8. The lowest BCUT2D eigenvalue weighted by Gasteiger charge is -2.40. The van der Waals surface area contributed by atoms with E-state index in [9.17, 15) is 13.6 Å². The van der Waals surface area contributed by atoms with Gasteiger partial charge in [-0.25, -0.2) is 28.5 Å². The summed E-state index contributed by atoms with van der Waals surface area (Å²) in [5, 5.41) is 3.72. The average Bonchev–Trinajstić information content (AvgIpc) is 3.28. The zero-order valence-electron chi connectivity index (χ0n) is 17.9. The predicted octanol–water partition coefficient (Wildman–Crippen LogP) is 4.25. The number of aromatic nitrogens is 4. The summed E-state index contributed by atoms with van der Waals surface area (Å²) in [7, 11) is 1.76. The van der Waals surface area contributed by atoms with E-state index in [0.29, 0.717) is 23.0 Å². The van der Waals surface area contributed by atoms with E-state index in [-0.39, 0.29) is 29.8 Å². The zero-order chi connectivity index (χ0) is 22.5. The number of hydrogen-bond donors (Lipinski definition) is 2. The van der Waals surface area contributed by atoms with Crippen LogP contribution in [-0.4, -0.2) is 55.7 Å². The molecule has 168 valence electrons. The number of halogens is 2. The Morgan fingerprint density at radius 1 is 1.34 bits per heavy atom. The molecule has 2 aliphatic rings. The molecule has 1 amide bonds. The number of likely N-dealkylation sites (N-methyl/N-ethyl adjacent to an activating group) is 1. The maximum Gasteiger partial charge on any atom is 0.410 e. The highest BCUT2D eigenvalue weighted by Gasteiger charge is 2.53. The molecule has 3 atom stereocenters. The number of anilines is 1. The fraction of sp³-hybridized carbons (Fsp3) is 0.455. The van der Waals surface area contributed by atoms with Crippen molar-refractivity contribution in [2.75, 3.05) is 12.4 Å². The van der Waals surface area contributed by atoms with Crippen molar-refractivity contribution in [1.29, 1.82) is 0 Å². The lowest BCUT2D eigenvalue weighted by Crippen LogP contribution is -2.49. The van der Waals surface area contributed by atoms with Gasteiger partial charge in [0.2, 0.25) is 0 Å². The molecule has 1 spiro atoms. The Morgan fingerprint density at radius 3 is 3.00 bits per heavy atom. The number of hydrogen-bond acceptors (Lipinski definition) is 6. The predicted molar refractivity (Wildman–Crippen MR) is 114 cm³/mol. The topological polar surface area (TPSA) is 96.0 Å². The summed E-state index contributed by atoms with van der Waals surface area (Å²) in [4.78, 5) is 29.3. The maximum absolute atomic E-state index is 14.6. The molecule has 4 heterocycles. The molecule has 0 unspecified atom stereocenters. The molecule has 5 rings (SSSR count). The molecule has 0 aromatic carbocycles. The van der Waals surface area contributed by atoms with E-state index in [1.165, 1.54) is 6.07 Å². The lowest BCUT2D eigenvalue weighted by atomic mass is 9.76. The average molecular weight is 442 g/mol. The van der Waals surface area contributed by atoms with Crippen LogP contribution >= 0.6 is 0 Å². The van der Waals surface area contributed by atoms with Crippen LogP contribution in [0.4, 0.5) is 19.4 Å². The number of carbonyl (C=O) groups excluding carboxylic acids is 1. The summed E-state index contributed by atoms with van der Waals surface area (Å²) in [6.07, 6.45) is 7.34. The van der Waals surface area contributed by atoms with Crippen LogP contribution in [-0.2, 0) is 4.74 Å². The lowest BCUT2D eigenvalue weighted by molar-refractivity contribution is -0.00232. The second kappa shape index (κ2) is 7.68. The molecule has 1 aliphatic heterocycles. The van der Waals surface area contributed by atoms with Gasteiger partial charge in [0.15, 0.2) is 17.5 Å². The molecule has 0 bridgehead atoms. The molecule has 0 radical (unpaired) electrons. The Kier molecular flexibility index (Phi) is 4.94. The Labute approximate surface area is 183 Å². The number of rotatable bonds is 4. The summed E-state index contributed by atoms with van der Waals surface area (Å²) >= 11 is 0. The van der Waals surface area contributed by atoms with Crippen LogP contribution in [0.2, 0.25) is 0 Å². The van der Waals surface area contributed by atoms with Gasteiger partial charge in [0.1, 0.15) is 17.1 Å². The molecular weight excluding hydrogens is 418 g/mol. The van der Waals surface area contributed by atoms with Gasteiger partial charge in [0.25, 0.3) is 0 Å². The van der Waals surface area contributed by atoms with Crippen LogP contribution in [0, 0.1) is 11.6 Å². The highest BCUT2D eigenvalue weighted by atomic mass is 19.1. The second-order valence-corrected chi connectivity index (χ2v) is 8.55. The Balaban J connectivity index is 1.42. The highest BCUT2D eigenvalue weighted by Crippen LogP contribution is 2.43. The van der Waals surface area contributed by atoms with Gasteiger partial charge in [-0.15, -0.1) is 0 Å². The van der Waals surface area contributed by atoms with Gasteiger partial charge in [0, 0.05) is 36.7 Å². The standard InChI is InChI=1S/C22H24F2N6O2/c1-3-17-22(32-21(31)30(17)2)6-4-5-13(8-22)28-20-16(24)11-27-19(29-20)15-10-26-18-14(15)7-12(23)9-25-18/h7,9-11,13,17H,3-6,8H2,1-2H3,(H,25,26)(H,27,28,29)/t13-,17+,22-/m0/s1. The van der Waals surface area contributed by atoms with E-state index in [1.54, 1.807) is 18.1 Å². The van der Waals surface area contributed by atoms with Crippen LogP contribution in [0.25, 0.3) is 22.4 Å². The number of ether oxygens (including phenoxy) is 1. The monoisotopic (exact) mass is 442 g/mol. The summed E-state index contributed by atoms with van der Waals surface area (Å²) < 4.78 is 34.1. The van der Waals surface area contributed by atoms with Crippen molar-refractivity contribution in [1.82, 2.24) is 24.8 Å². The first-order valence-corrected chi connectivity index (χ1v) is 10.8. The van der Waals surface area contributed by atoms with Gasteiger partial charge in [-0.3, -0.25) is 0 Å². The molecule has 2 fully saturated rings. The molecule has 8 nitrogen and oxygen atoms in total. The molecule has 3 aromatic heterocycles. The summed E-state index contributed by atoms with van der Waals surface area (Å²) in [6, 6.07) is 1.21. The molecule has 1 saturated carbocycles. The molecule has 32 heavy (non-hydrogen) atoms. The van der Waals surface area contributed by atoms with Gasteiger partial charge in [0.05, 0.1) is 18.4 Å². The molecule has 3 aromatic rings. The van der Waals surface area contributed by atoms with E-state index >= 15 is 0 Å². The minimum absolute atomic E-state index is 0.0148. The van der Waals surface area contributed by atoms with Gasteiger partial charge >= 0.3 is 6.09 Å². The quantitative estimate of drug-likeness (QED) is 0.627. The van der Waals surface area contributed by atoms with Crippen molar-refractivity contribution < 1.29 is 18.3 Å². The molecule has 10 heteroatoms. The van der Waals surface area contributed by atoms with E-state index in [0.717, 1.165) is 38.1 Å². The Morgan fingerprint density at radius 2 is 2.19 bits per heavy atom. The van der Waals surface area contributed by atoms with E-state index < -0.39 is 17.2 Å². The third-order valence-corrected chi connectivity index (χ3v) is 6.61. The highest BCUT2D eigenvalue weighted by molar-refractivity contribution is 5.91. The summed E-state index contributed by atoms with van der Waals surface area (Å²) in [5.41, 5.74) is 0.450. The van der Waals surface area contributed by atoms with Crippen molar-refractivity contribution in [3.63, 3.8) is 0 Å². The van der Waals surface area contributed by atoms with Crippen LogP contribution in [0.3, 0.4) is 0 Å². The van der Waals surface area contributed by atoms with Gasteiger partial charge in [-0.2, -0.15) is 0 Å². The maximum atomic E-state index is 14.6. The second-order valence-electron chi connectivity index (χ2n) is 8.55. The third-order valence-electron chi connectivity index (χ3n) is 6.61. The largest absolute Gasteiger partial charge is 0.441 e. The smallest absolute Gasteiger partial charge is 0.410 e. The third kappa shape index (κ3) is 3.34. The molecular formula is C22H24F2N6O2. The van der Waals surface area contributed by atoms with Crippen LogP contribution < -0.4 is 5.32 Å². The van der Waals surface area contributed by atoms with Crippen molar-refractivity contribution in [3.05, 3.63) is 36.3 Å². The van der Waals surface area contributed by atoms with Crippen LogP contribution in [0.15, 0.2) is 24.7 Å². The van der Waals surface area contributed by atoms with Crippen molar-refractivity contribution in [2.24, 2.45) is 0 Å². The fourth-order valence-corrected chi connectivity index (χ4v) is 5.18. The van der Waals surface area contributed by atoms with Gasteiger partial charge in [-0.05, 0) is 31.7 Å². The van der Waals surface area contributed by atoms with E-state index in [2.05, 4.69) is 25.3 Å². The number of aromatic amines is 1. The number of nitrogens with one attached hydrogen (secondary N) is 2. The van der Waals surface area contributed by atoms with E-state index in [4.69, 9.17) is 4.74 Å². The molecule has 1 saturated heterocycles. The number of carbonyl (C=O) groups is 1. The van der Waals surface area contributed by atoms with Crippen molar-refractivity contribution >= 4 is 22.9 Å². The van der Waals surface area contributed by atoms with Gasteiger partial charge in [-0.1, -0.05) is 6.92 Å². The Bertz CT molecular complexity index is 1180. The number of amides is 1. The number of nitrogens with zero attached hydrogens (tertiary/aromatic N) is 4. The SMILES string of the molecule is CC[C@H]1N(C)C(=O)O[C@]12CCC[C@H](Nc1nc(-c3c[nH]c4ncc(F)cc34)ncc1F)C2. The van der Waals surface area contributed by atoms with Crippen LogP contribution in [0.5, 0.6) is 0 Å². The molecule has 2 N–H and O–H groups in total. The number of fused-ring (bicyclic) bond motifs is 1. The van der Waals surface area contributed by atoms with E-state index in [1.807, 2.05) is 6.92 Å². The molecule has 1 aliphatic carbocycles. The fourth-order valence-electron chi connectivity index (χ4n) is 5.18. The minimum Gasteiger partial charge on any atom is -0.441 e. The summed E-state index contributed by atoms with van der Waals surface area (Å²) in [6.45, 7) is 2.04. The van der Waals surface area contributed by atoms with Crippen LogP contribution in [0.1, 0.15) is 39.0 Å². The Hall–Kier alpha value is -3.30. The van der Waals surface area contributed by atoms with Crippen molar-refractivity contribution in [3.8, 4) is 11.4 Å². The first-order chi connectivity index (χ1) is 15.4. The zero-order valence-corrected chi connectivity index (χ0v) is 17.9. The van der Waals surface area contributed by atoms with Gasteiger partial charge < -0.3 is 19.9 Å². The van der Waals surface area contributed by atoms with Crippen molar-refractivity contribution in [2.45, 2.75) is 56.7 Å². The first kappa shape index (κ1) is 20.6. The number of pyridine rings is 1.